The van der Waals surface area contributed by atoms with Gasteiger partial charge in [0.1, 0.15) is 19.8 Å². The molecule has 0 aromatic carbocycles. The predicted octanol–water partition coefficient (Wildman–Crippen LogP) is 21.9. The molecule has 0 bridgehead atoms. The average Bonchev–Trinajstić information content (AvgIpc) is 3.48. The predicted molar refractivity (Wildman–Crippen MR) is 358 cm³/mol. The third-order valence-corrected chi connectivity index (χ3v) is 15.2. The highest BCUT2D eigenvalue weighted by Crippen LogP contribution is 2.43. The Morgan fingerprint density at radius 2 is 0.687 bits per heavy atom. The zero-order chi connectivity index (χ0) is 60.5. The molecule has 0 rings (SSSR count). The van der Waals surface area contributed by atoms with Gasteiger partial charge in [0.15, 0.2) is 6.10 Å². The van der Waals surface area contributed by atoms with Crippen LogP contribution in [0.15, 0.2) is 122 Å². The molecule has 0 radical (unpaired) electrons. The minimum atomic E-state index is -4.39. The van der Waals surface area contributed by atoms with E-state index in [9.17, 15) is 19.0 Å². The van der Waals surface area contributed by atoms with Crippen LogP contribution in [-0.4, -0.2) is 74.9 Å². The molecule has 0 aromatic rings. The summed E-state index contributed by atoms with van der Waals surface area (Å²) in [6.07, 6.45) is 90.1. The molecule has 83 heavy (non-hydrogen) atoms. The first kappa shape index (κ1) is 79.4. The van der Waals surface area contributed by atoms with E-state index in [4.69, 9.17) is 18.5 Å². The zero-order valence-corrected chi connectivity index (χ0v) is 55.0. The SMILES string of the molecule is CC/C=C\C/C=C\C/C=C\C/C=C\C/C=C\C/C=C\C/C=C\C/C=C\C/C=C\CCCCCCCCCCCCCCCC(=O)OC(COC(=O)CCCCCCCCC/C=C\CCCCCCCCC)COP(=O)(O)OCC[N+](C)(C)C. The number of rotatable bonds is 61. The van der Waals surface area contributed by atoms with E-state index in [1.54, 1.807) is 0 Å². The van der Waals surface area contributed by atoms with Gasteiger partial charge in [0.25, 0.3) is 0 Å². The summed E-state index contributed by atoms with van der Waals surface area (Å²) in [4.78, 5) is 35.8. The molecule has 0 aromatic heterocycles. The number of unbranched alkanes of at least 4 members (excludes halogenated alkanes) is 27. The summed E-state index contributed by atoms with van der Waals surface area (Å²) < 4.78 is 34.6. The van der Waals surface area contributed by atoms with Gasteiger partial charge in [0, 0.05) is 12.8 Å². The van der Waals surface area contributed by atoms with Gasteiger partial charge in [-0.2, -0.15) is 0 Å². The van der Waals surface area contributed by atoms with Crippen LogP contribution in [0.1, 0.15) is 277 Å². The molecule has 9 nitrogen and oxygen atoms in total. The molecule has 0 aliphatic carbocycles. The topological polar surface area (TPSA) is 108 Å². The van der Waals surface area contributed by atoms with Crippen molar-refractivity contribution in [2.75, 3.05) is 47.5 Å². The molecule has 0 saturated carbocycles. The van der Waals surface area contributed by atoms with E-state index in [1.807, 2.05) is 21.1 Å². The number of quaternary nitrogens is 1. The monoisotopic (exact) mass is 1180 g/mol. The highest BCUT2D eigenvalue weighted by molar-refractivity contribution is 7.47. The maximum absolute atomic E-state index is 12.9. The first-order valence-corrected chi connectivity index (χ1v) is 35.3. The lowest BCUT2D eigenvalue weighted by molar-refractivity contribution is -0.870. The van der Waals surface area contributed by atoms with Crippen molar-refractivity contribution in [1.29, 1.82) is 0 Å². The van der Waals surface area contributed by atoms with E-state index in [0.717, 1.165) is 109 Å². The Morgan fingerprint density at radius 3 is 1.04 bits per heavy atom. The molecule has 0 aliphatic rings. The average molecular weight is 1180 g/mol. The summed E-state index contributed by atoms with van der Waals surface area (Å²) >= 11 is 0. The van der Waals surface area contributed by atoms with Crippen molar-refractivity contribution in [1.82, 2.24) is 0 Å². The maximum atomic E-state index is 12.9. The van der Waals surface area contributed by atoms with Gasteiger partial charge in [-0.1, -0.05) is 277 Å². The fraction of sp³-hybridized carbons (Fsp3) is 0.699. The smallest absolute Gasteiger partial charge is 0.462 e. The number of ether oxygens (including phenoxy) is 2. The van der Waals surface area contributed by atoms with Gasteiger partial charge >= 0.3 is 19.8 Å². The van der Waals surface area contributed by atoms with Gasteiger partial charge in [0.05, 0.1) is 27.7 Å². The molecule has 1 N–H and O–H groups in total. The molecule has 0 spiro atoms. The maximum Gasteiger partial charge on any atom is 0.472 e. The van der Waals surface area contributed by atoms with E-state index in [1.165, 1.54) is 135 Å². The van der Waals surface area contributed by atoms with Gasteiger partial charge in [-0.05, 0) is 109 Å². The number of phosphoric ester groups is 1. The Balaban J connectivity index is 4.04. The van der Waals surface area contributed by atoms with Gasteiger partial charge in [-0.3, -0.25) is 18.6 Å². The summed E-state index contributed by atoms with van der Waals surface area (Å²) in [5.41, 5.74) is 0. The van der Waals surface area contributed by atoms with Gasteiger partial charge in [0.2, 0.25) is 0 Å². The first-order chi connectivity index (χ1) is 40.5. The lowest BCUT2D eigenvalue weighted by Gasteiger charge is -2.24. The van der Waals surface area contributed by atoms with E-state index in [-0.39, 0.29) is 32.0 Å². The van der Waals surface area contributed by atoms with Crippen LogP contribution in [0.4, 0.5) is 0 Å². The standard InChI is InChI=1S/C73H126NO8P/c1-6-8-10-12-14-16-18-20-22-24-26-27-28-29-30-31-32-33-34-35-36-37-38-39-40-41-42-43-44-45-46-47-48-50-52-54-56-58-60-62-64-66-73(76)82-71(70-81-83(77,78)80-68-67-74(3,4)5)69-79-72(75)65-63-61-59-57-55-53-51-49-25-23-21-19-17-15-13-11-9-7-2/h8,10,14,16,20,22-23,25-27,29-30,32-33,35-36,38-39,41-42,71H,6-7,9,11-13,15,17-19,21,24,28,31,34,37,40,43-70H2,1-5H3/p+1/b10-8-,16-14-,22-20-,25-23-,27-26-,30-29-,33-32-,36-35-,39-38-,42-41-. The second-order valence-electron chi connectivity index (χ2n) is 23.5. The number of carbonyl (C=O) groups is 2. The van der Waals surface area contributed by atoms with Crippen molar-refractivity contribution in [2.45, 2.75) is 283 Å². The zero-order valence-electron chi connectivity index (χ0n) is 54.1. The Kier molecular flexibility index (Phi) is 60.2. The number of phosphoric acid groups is 1. The Morgan fingerprint density at radius 1 is 0.386 bits per heavy atom. The summed E-state index contributed by atoms with van der Waals surface area (Å²) in [6.45, 7) is 4.32. The Labute approximate surface area is 511 Å². The minimum Gasteiger partial charge on any atom is -0.462 e. The van der Waals surface area contributed by atoms with Crippen molar-refractivity contribution in [3.05, 3.63) is 122 Å². The molecular formula is C73H127NO8P+. The number of carbonyl (C=O) groups excluding carboxylic acids is 2. The lowest BCUT2D eigenvalue weighted by atomic mass is 10.0. The van der Waals surface area contributed by atoms with Gasteiger partial charge in [-0.25, -0.2) is 4.57 Å². The van der Waals surface area contributed by atoms with Crippen molar-refractivity contribution in [3.8, 4) is 0 Å². The third-order valence-electron chi connectivity index (χ3n) is 14.2. The Hall–Kier alpha value is -3.59. The molecule has 10 heteroatoms. The summed E-state index contributed by atoms with van der Waals surface area (Å²) in [5, 5.41) is 0. The van der Waals surface area contributed by atoms with Crippen molar-refractivity contribution in [3.63, 3.8) is 0 Å². The van der Waals surface area contributed by atoms with Crippen molar-refractivity contribution in [2.24, 2.45) is 0 Å². The van der Waals surface area contributed by atoms with Gasteiger partial charge < -0.3 is 18.9 Å². The van der Waals surface area contributed by atoms with Crippen LogP contribution in [-0.2, 0) is 32.7 Å². The molecule has 0 fully saturated rings. The largest absolute Gasteiger partial charge is 0.472 e. The quantitative estimate of drug-likeness (QED) is 0.0211. The normalized spacial score (nSPS) is 14.0. The van der Waals surface area contributed by atoms with Crippen molar-refractivity contribution >= 4 is 19.8 Å². The molecule has 2 atom stereocenters. The fourth-order valence-corrected chi connectivity index (χ4v) is 9.80. The first-order valence-electron chi connectivity index (χ1n) is 33.8. The fourth-order valence-electron chi connectivity index (χ4n) is 9.06. The molecule has 2 unspecified atom stereocenters. The second-order valence-corrected chi connectivity index (χ2v) is 24.9. The Bertz CT molecular complexity index is 1820. The van der Waals surface area contributed by atoms with E-state index < -0.39 is 26.5 Å². The molecule has 0 aliphatic heterocycles. The molecular weight excluding hydrogens is 1050 g/mol. The number of esters is 2. The van der Waals surface area contributed by atoms with Crippen LogP contribution in [0.5, 0.6) is 0 Å². The molecule has 476 valence electrons. The summed E-state index contributed by atoms with van der Waals surface area (Å²) in [5.74, 6) is -0.802. The molecule has 0 amide bonds. The number of likely N-dealkylation sites (N-methyl/N-ethyl adjacent to an activating group) is 1. The second kappa shape index (κ2) is 62.9. The van der Waals surface area contributed by atoms with Crippen LogP contribution < -0.4 is 0 Å². The van der Waals surface area contributed by atoms with E-state index in [0.29, 0.717) is 17.4 Å². The van der Waals surface area contributed by atoms with Crippen molar-refractivity contribution < 1.29 is 42.1 Å². The highest BCUT2D eigenvalue weighted by Gasteiger charge is 2.27. The summed E-state index contributed by atoms with van der Waals surface area (Å²) in [7, 11) is 1.47. The number of hydrogen-bond acceptors (Lipinski definition) is 7. The third kappa shape index (κ3) is 67.4. The van der Waals surface area contributed by atoms with E-state index in [2.05, 4.69) is 135 Å². The van der Waals surface area contributed by atoms with Crippen LogP contribution in [0, 0.1) is 0 Å². The van der Waals surface area contributed by atoms with Gasteiger partial charge in [-0.15, -0.1) is 0 Å². The molecule has 0 saturated heterocycles. The molecule has 0 heterocycles. The highest BCUT2D eigenvalue weighted by atomic mass is 31.2. The van der Waals surface area contributed by atoms with Crippen LogP contribution in [0.2, 0.25) is 0 Å². The van der Waals surface area contributed by atoms with E-state index >= 15 is 0 Å². The van der Waals surface area contributed by atoms with Crippen LogP contribution in [0.25, 0.3) is 0 Å². The minimum absolute atomic E-state index is 0.0272. The van der Waals surface area contributed by atoms with Crippen LogP contribution in [0.3, 0.4) is 0 Å². The number of allylic oxidation sites excluding steroid dienone is 20. The number of hydrogen-bond donors (Lipinski definition) is 1. The van der Waals surface area contributed by atoms with Crippen LogP contribution >= 0.6 is 7.82 Å². The lowest BCUT2D eigenvalue weighted by Crippen LogP contribution is -2.37. The summed E-state index contributed by atoms with van der Waals surface area (Å²) in [6, 6.07) is 0. The number of nitrogens with zero attached hydrogens (tertiary/aromatic N) is 1.